The first-order valence-corrected chi connectivity index (χ1v) is 20.5. The zero-order chi connectivity index (χ0) is 46.4. The second-order valence-corrected chi connectivity index (χ2v) is 13.9. The molecule has 0 atom stereocenters. The molecule has 0 unspecified atom stereocenters. The number of nitrogens with zero attached hydrogens (tertiary/aromatic N) is 2. The smallest absolute Gasteiger partial charge is 0.255 e. The van der Waals surface area contributed by atoms with E-state index in [-0.39, 0.29) is 49.8 Å². The molecule has 0 aromatic heterocycles. The fourth-order valence-electron chi connectivity index (χ4n) is 6.91. The quantitative estimate of drug-likeness (QED) is 0.0681. The molecule has 4 rings (SSSR count). The first-order valence-electron chi connectivity index (χ1n) is 20.5. The van der Waals surface area contributed by atoms with Crippen LogP contribution in [0.4, 0.5) is 0 Å². The fraction of sp³-hybridized carbons (Fsp3) is 0.391. The van der Waals surface area contributed by atoms with Gasteiger partial charge in [-0.25, -0.2) is 0 Å². The summed E-state index contributed by atoms with van der Waals surface area (Å²) in [4.78, 5) is 57.7. The molecule has 4 amide bonds. The first kappa shape index (κ1) is 49.7. The molecule has 0 saturated heterocycles. The van der Waals surface area contributed by atoms with E-state index in [1.165, 1.54) is 56.9 Å². The van der Waals surface area contributed by atoms with Gasteiger partial charge in [0.25, 0.3) is 23.6 Å². The Balaban J connectivity index is 1.50. The molecule has 0 spiro atoms. The van der Waals surface area contributed by atoms with Crippen molar-refractivity contribution >= 4 is 23.6 Å². The Bertz CT molecular complexity index is 1870. The van der Waals surface area contributed by atoms with E-state index in [2.05, 4.69) is 31.1 Å². The van der Waals surface area contributed by atoms with E-state index in [0.717, 1.165) is 0 Å². The van der Waals surface area contributed by atoms with E-state index in [9.17, 15) is 19.2 Å². The third-order valence-corrected chi connectivity index (χ3v) is 10.2. The molecule has 4 aromatic rings. The Morgan fingerprint density at radius 2 is 0.562 bits per heavy atom. The van der Waals surface area contributed by atoms with Gasteiger partial charge < -0.3 is 59.2 Å². The normalized spacial score (nSPS) is 10.7. The van der Waals surface area contributed by atoms with Crippen LogP contribution in [0.25, 0.3) is 0 Å². The lowest BCUT2D eigenvalue weighted by Gasteiger charge is -2.28. The Kier molecular flexibility index (Phi) is 20.1. The summed E-state index contributed by atoms with van der Waals surface area (Å²) in [6.45, 7) is 3.61. The minimum atomic E-state index is -0.345. The molecule has 0 heterocycles. The molecule has 0 radical (unpaired) electrons. The first-order chi connectivity index (χ1) is 31.1. The van der Waals surface area contributed by atoms with Crippen LogP contribution >= 0.6 is 0 Å². The summed E-state index contributed by atoms with van der Waals surface area (Å²) in [5.74, 6) is 1.61. The van der Waals surface area contributed by atoms with Gasteiger partial charge in [-0.05, 0) is 48.5 Å². The summed E-state index contributed by atoms with van der Waals surface area (Å²) in [5.41, 5.74) is 1.28. The number of carbonyl (C=O) groups excluding carboxylic acids is 4. The number of benzene rings is 4. The van der Waals surface area contributed by atoms with Crippen LogP contribution in [-0.4, -0.2) is 156 Å². The summed E-state index contributed by atoms with van der Waals surface area (Å²) in [7, 11) is 11.9. The lowest BCUT2D eigenvalue weighted by molar-refractivity contribution is 0.0919. The number of carbonyl (C=O) groups is 4. The number of rotatable bonds is 27. The number of methoxy groups -OCH3 is 8. The molecule has 64 heavy (non-hydrogen) atoms. The largest absolute Gasteiger partial charge is 0.493 e. The molecule has 0 saturated carbocycles. The standard InChI is InChI=1S/C46H60N6O12/c1-57-35-17-9-13-31(39(35)61-5)43(53)47-21-25-51(26-22-48-44(54)32-14-10-18-36(58-2)40(32)62-6)29-30-52(27-23-49-45(55)33-15-11-19-37(59-3)41(33)63-7)28-24-50-46(56)34-16-12-20-38(60-4)42(34)64-8/h9-20H,21-30H2,1-8H3,(H,47,53)(H,48,54)(H,49,55)(H,50,56). The zero-order valence-corrected chi connectivity index (χ0v) is 37.8. The third-order valence-electron chi connectivity index (χ3n) is 10.2. The second kappa shape index (κ2) is 25.9. The second-order valence-electron chi connectivity index (χ2n) is 13.9. The summed E-state index contributed by atoms with van der Waals surface area (Å²) in [6.07, 6.45) is 0. The van der Waals surface area contributed by atoms with E-state index in [0.29, 0.717) is 108 Å². The van der Waals surface area contributed by atoms with Crippen molar-refractivity contribution in [3.8, 4) is 46.0 Å². The van der Waals surface area contributed by atoms with Gasteiger partial charge in [0.2, 0.25) is 0 Å². The highest BCUT2D eigenvalue weighted by atomic mass is 16.5. The van der Waals surface area contributed by atoms with E-state index >= 15 is 0 Å². The Hall–Kier alpha value is -6.92. The molecule has 4 N–H and O–H groups in total. The minimum Gasteiger partial charge on any atom is -0.493 e. The number of hydrogen-bond acceptors (Lipinski definition) is 14. The van der Waals surface area contributed by atoms with Crippen molar-refractivity contribution in [1.82, 2.24) is 31.1 Å². The van der Waals surface area contributed by atoms with Crippen LogP contribution in [0.1, 0.15) is 41.4 Å². The van der Waals surface area contributed by atoms with Crippen LogP contribution in [0.5, 0.6) is 46.0 Å². The summed E-state index contributed by atoms with van der Waals surface area (Å²) in [6, 6.07) is 20.3. The maximum Gasteiger partial charge on any atom is 0.255 e. The average Bonchev–Trinajstić information content (AvgIpc) is 3.33. The maximum atomic E-state index is 13.4. The van der Waals surface area contributed by atoms with Gasteiger partial charge in [0.1, 0.15) is 0 Å². The summed E-state index contributed by atoms with van der Waals surface area (Å²) in [5, 5.41) is 11.9. The summed E-state index contributed by atoms with van der Waals surface area (Å²) < 4.78 is 43.4. The van der Waals surface area contributed by atoms with Crippen molar-refractivity contribution in [1.29, 1.82) is 0 Å². The van der Waals surface area contributed by atoms with Crippen molar-refractivity contribution in [3.05, 3.63) is 95.1 Å². The molecule has 18 heteroatoms. The predicted molar refractivity (Wildman–Crippen MR) is 240 cm³/mol. The number of amides is 4. The third kappa shape index (κ3) is 13.3. The average molecular weight is 889 g/mol. The van der Waals surface area contributed by atoms with Crippen molar-refractivity contribution < 1.29 is 57.1 Å². The van der Waals surface area contributed by atoms with Crippen LogP contribution in [0.15, 0.2) is 72.8 Å². The molecule has 0 fully saturated rings. The maximum absolute atomic E-state index is 13.4. The predicted octanol–water partition coefficient (Wildman–Crippen LogP) is 3.38. The highest BCUT2D eigenvalue weighted by Crippen LogP contribution is 2.33. The van der Waals surface area contributed by atoms with Crippen LogP contribution in [-0.2, 0) is 0 Å². The molecule has 4 aromatic carbocycles. The lowest BCUT2D eigenvalue weighted by Crippen LogP contribution is -2.45. The van der Waals surface area contributed by atoms with E-state index in [4.69, 9.17) is 37.9 Å². The monoisotopic (exact) mass is 888 g/mol. The van der Waals surface area contributed by atoms with Gasteiger partial charge in [0.15, 0.2) is 46.0 Å². The molecule has 0 aliphatic heterocycles. The van der Waals surface area contributed by atoms with Gasteiger partial charge in [-0.2, -0.15) is 0 Å². The SMILES string of the molecule is COc1cccc(C(=O)NCCN(CCNC(=O)c2cccc(OC)c2OC)CCN(CCNC(=O)c2cccc(OC)c2OC)CCNC(=O)c2cccc(OC)c2OC)c1OC. The zero-order valence-electron chi connectivity index (χ0n) is 37.8. The number of hydrogen-bond donors (Lipinski definition) is 4. The van der Waals surface area contributed by atoms with Gasteiger partial charge in [0, 0.05) is 65.4 Å². The van der Waals surface area contributed by atoms with Crippen LogP contribution in [0.2, 0.25) is 0 Å². The number of nitrogens with one attached hydrogen (secondary N) is 4. The minimum absolute atomic E-state index is 0.258. The van der Waals surface area contributed by atoms with Crippen molar-refractivity contribution in [3.63, 3.8) is 0 Å². The fourth-order valence-corrected chi connectivity index (χ4v) is 6.91. The van der Waals surface area contributed by atoms with Crippen molar-refractivity contribution in [2.45, 2.75) is 0 Å². The van der Waals surface area contributed by atoms with Crippen LogP contribution < -0.4 is 59.2 Å². The highest BCUT2D eigenvalue weighted by Gasteiger charge is 2.21. The van der Waals surface area contributed by atoms with Gasteiger partial charge in [0.05, 0.1) is 79.1 Å². The molecular weight excluding hydrogens is 829 g/mol. The van der Waals surface area contributed by atoms with Gasteiger partial charge in [-0.3, -0.25) is 29.0 Å². The highest BCUT2D eigenvalue weighted by molar-refractivity contribution is 5.99. The van der Waals surface area contributed by atoms with Crippen LogP contribution in [0, 0.1) is 0 Å². The Morgan fingerprint density at radius 1 is 0.344 bits per heavy atom. The topological polar surface area (TPSA) is 197 Å². The number of para-hydroxylation sites is 4. The molecule has 346 valence electrons. The Labute approximate surface area is 374 Å². The number of ether oxygens (including phenoxy) is 8. The molecule has 0 aliphatic carbocycles. The molecular formula is C46H60N6O12. The molecule has 18 nitrogen and oxygen atoms in total. The van der Waals surface area contributed by atoms with Crippen molar-refractivity contribution in [2.24, 2.45) is 0 Å². The molecule has 0 aliphatic rings. The lowest BCUT2D eigenvalue weighted by atomic mass is 10.1. The van der Waals surface area contributed by atoms with E-state index in [1.807, 2.05) is 0 Å². The Morgan fingerprint density at radius 3 is 0.750 bits per heavy atom. The van der Waals surface area contributed by atoms with Gasteiger partial charge in [-0.15, -0.1) is 0 Å². The van der Waals surface area contributed by atoms with Gasteiger partial charge >= 0.3 is 0 Å². The molecule has 0 bridgehead atoms. The van der Waals surface area contributed by atoms with E-state index < -0.39 is 0 Å². The van der Waals surface area contributed by atoms with Gasteiger partial charge in [-0.1, -0.05) is 24.3 Å². The van der Waals surface area contributed by atoms with Crippen molar-refractivity contribution in [2.75, 3.05) is 122 Å². The summed E-state index contributed by atoms with van der Waals surface area (Å²) >= 11 is 0. The van der Waals surface area contributed by atoms with Crippen LogP contribution in [0.3, 0.4) is 0 Å². The van der Waals surface area contributed by atoms with E-state index in [1.54, 1.807) is 72.8 Å².